The van der Waals surface area contributed by atoms with Gasteiger partial charge >= 0.3 is 5.97 Å². The van der Waals surface area contributed by atoms with Gasteiger partial charge in [-0.25, -0.2) is 0 Å². The van der Waals surface area contributed by atoms with Crippen molar-refractivity contribution in [2.45, 2.75) is 45.6 Å². The molecular weight excluding hydrogens is 232 g/mol. The van der Waals surface area contributed by atoms with Crippen LogP contribution in [0, 0.1) is 5.92 Å². The Morgan fingerprint density at radius 3 is 2.50 bits per heavy atom. The van der Waals surface area contributed by atoms with Gasteiger partial charge in [-0.1, -0.05) is 0 Å². The number of piperidine rings is 1. The number of nitrogens with zero attached hydrogens (tertiary/aromatic N) is 1. The second-order valence-electron chi connectivity index (χ2n) is 5.01. The summed E-state index contributed by atoms with van der Waals surface area (Å²) in [5.74, 6) is 0.0609. The molecule has 1 aliphatic rings. The molecule has 0 aromatic carbocycles. The van der Waals surface area contributed by atoms with Crippen LogP contribution in [0.25, 0.3) is 0 Å². The van der Waals surface area contributed by atoms with E-state index in [-0.39, 0.29) is 17.9 Å². The molecule has 5 heteroatoms. The first-order valence-electron chi connectivity index (χ1n) is 6.70. The Hall–Kier alpha value is -1.10. The lowest BCUT2D eigenvalue weighted by Gasteiger charge is -2.35. The number of likely N-dealkylation sites (tertiary alicyclic amines) is 1. The molecular formula is C13H24N2O3. The highest BCUT2D eigenvalue weighted by molar-refractivity contribution is 5.74. The molecule has 1 unspecified atom stereocenters. The van der Waals surface area contributed by atoms with Crippen LogP contribution in [-0.2, 0) is 14.3 Å². The van der Waals surface area contributed by atoms with E-state index in [9.17, 15) is 9.59 Å². The minimum atomic E-state index is -0.215. The van der Waals surface area contributed by atoms with E-state index in [1.54, 1.807) is 0 Å². The fourth-order valence-electron chi connectivity index (χ4n) is 2.47. The largest absolute Gasteiger partial charge is 0.466 e. The van der Waals surface area contributed by atoms with E-state index in [4.69, 9.17) is 10.5 Å². The lowest BCUT2D eigenvalue weighted by atomic mass is 9.92. The van der Waals surface area contributed by atoms with Crippen molar-refractivity contribution < 1.29 is 14.3 Å². The molecule has 5 nitrogen and oxygen atoms in total. The predicted octanol–water partition coefficient (Wildman–Crippen LogP) is 0.915. The highest BCUT2D eigenvalue weighted by atomic mass is 16.5. The van der Waals surface area contributed by atoms with E-state index in [1.165, 1.54) is 0 Å². The Balaban J connectivity index is 2.29. The molecule has 0 aromatic heterocycles. The van der Waals surface area contributed by atoms with Gasteiger partial charge < -0.3 is 15.4 Å². The van der Waals surface area contributed by atoms with Gasteiger partial charge in [-0.15, -0.1) is 0 Å². The van der Waals surface area contributed by atoms with Crippen LogP contribution in [0.3, 0.4) is 0 Å². The van der Waals surface area contributed by atoms with E-state index >= 15 is 0 Å². The van der Waals surface area contributed by atoms with Crippen molar-refractivity contribution in [3.63, 3.8) is 0 Å². The van der Waals surface area contributed by atoms with Crippen LogP contribution < -0.4 is 5.73 Å². The summed E-state index contributed by atoms with van der Waals surface area (Å²) in [4.78, 5) is 24.5. The summed E-state index contributed by atoms with van der Waals surface area (Å²) in [7, 11) is 0. The smallest absolute Gasteiger partial charge is 0.307 e. The summed E-state index contributed by atoms with van der Waals surface area (Å²) < 4.78 is 4.95. The number of hydrogen-bond acceptors (Lipinski definition) is 4. The molecule has 1 heterocycles. The zero-order valence-electron chi connectivity index (χ0n) is 11.4. The topological polar surface area (TPSA) is 72.6 Å². The van der Waals surface area contributed by atoms with Crippen LogP contribution in [0.1, 0.15) is 39.5 Å². The zero-order valence-corrected chi connectivity index (χ0v) is 11.4. The molecule has 0 radical (unpaired) electrons. The lowest BCUT2D eigenvalue weighted by molar-refractivity contribution is -0.144. The number of esters is 1. The third kappa shape index (κ3) is 5.04. The highest BCUT2D eigenvalue weighted by Gasteiger charge is 2.25. The van der Waals surface area contributed by atoms with Crippen LogP contribution in [0.15, 0.2) is 0 Å². The summed E-state index contributed by atoms with van der Waals surface area (Å²) >= 11 is 0. The molecule has 1 rings (SSSR count). The van der Waals surface area contributed by atoms with Gasteiger partial charge in [0.05, 0.1) is 13.0 Å². The SMILES string of the molecule is CCOC(=O)CC(C)N1CCC(CC(N)=O)CC1. The minimum absolute atomic E-state index is 0.135. The van der Waals surface area contributed by atoms with Crippen LogP contribution in [0.2, 0.25) is 0 Å². The monoisotopic (exact) mass is 256 g/mol. The van der Waals surface area contributed by atoms with Gasteiger partial charge in [0.25, 0.3) is 0 Å². The summed E-state index contributed by atoms with van der Waals surface area (Å²) in [6, 6.07) is 0.207. The van der Waals surface area contributed by atoms with Gasteiger partial charge in [0.1, 0.15) is 0 Å². The Bertz CT molecular complexity index is 286. The lowest BCUT2D eigenvalue weighted by Crippen LogP contribution is -2.41. The summed E-state index contributed by atoms with van der Waals surface area (Å²) in [5, 5.41) is 0. The Morgan fingerprint density at radius 2 is 2.00 bits per heavy atom. The van der Waals surface area contributed by atoms with Crippen molar-refractivity contribution in [3.05, 3.63) is 0 Å². The number of nitrogens with two attached hydrogens (primary N) is 1. The van der Waals surface area contributed by atoms with E-state index < -0.39 is 0 Å². The first-order valence-corrected chi connectivity index (χ1v) is 6.70. The van der Waals surface area contributed by atoms with Gasteiger partial charge in [0.2, 0.25) is 5.91 Å². The fraction of sp³-hybridized carbons (Fsp3) is 0.846. The summed E-state index contributed by atoms with van der Waals surface area (Å²) in [6.07, 6.45) is 2.89. The van der Waals surface area contributed by atoms with E-state index in [2.05, 4.69) is 4.90 Å². The highest BCUT2D eigenvalue weighted by Crippen LogP contribution is 2.22. The van der Waals surface area contributed by atoms with Gasteiger partial charge in [0, 0.05) is 12.5 Å². The second kappa shape index (κ2) is 7.36. The third-order valence-electron chi connectivity index (χ3n) is 3.53. The van der Waals surface area contributed by atoms with Crippen LogP contribution in [0.4, 0.5) is 0 Å². The van der Waals surface area contributed by atoms with Crippen molar-refractivity contribution in [2.75, 3.05) is 19.7 Å². The van der Waals surface area contributed by atoms with Crippen molar-refractivity contribution >= 4 is 11.9 Å². The molecule has 18 heavy (non-hydrogen) atoms. The normalized spacial score (nSPS) is 19.4. The number of amides is 1. The molecule has 2 N–H and O–H groups in total. The zero-order chi connectivity index (χ0) is 13.5. The van der Waals surface area contributed by atoms with E-state index in [0.29, 0.717) is 25.4 Å². The third-order valence-corrected chi connectivity index (χ3v) is 3.53. The van der Waals surface area contributed by atoms with Gasteiger partial charge in [-0.3, -0.25) is 9.59 Å². The standard InChI is InChI=1S/C13H24N2O3/c1-3-18-13(17)8-10(2)15-6-4-11(5-7-15)9-12(14)16/h10-11H,3-9H2,1-2H3,(H2,14,16). The molecule has 0 saturated carbocycles. The van der Waals surface area contributed by atoms with Crippen molar-refractivity contribution in [3.8, 4) is 0 Å². The molecule has 1 fully saturated rings. The molecule has 0 bridgehead atoms. The van der Waals surface area contributed by atoms with Crippen LogP contribution in [0.5, 0.6) is 0 Å². The molecule has 0 spiro atoms. The quantitative estimate of drug-likeness (QED) is 0.717. The van der Waals surface area contributed by atoms with Gasteiger partial charge in [-0.05, 0) is 45.7 Å². The van der Waals surface area contributed by atoms with E-state index in [1.807, 2.05) is 13.8 Å². The van der Waals surface area contributed by atoms with Crippen LogP contribution in [-0.4, -0.2) is 42.5 Å². The molecule has 1 atom stereocenters. The second-order valence-corrected chi connectivity index (χ2v) is 5.01. The molecule has 1 amide bonds. The number of carbonyl (C=O) groups excluding carboxylic acids is 2. The van der Waals surface area contributed by atoms with Crippen molar-refractivity contribution in [1.82, 2.24) is 4.90 Å². The summed E-state index contributed by atoms with van der Waals surface area (Å²) in [5.41, 5.74) is 5.20. The number of rotatable bonds is 6. The number of ether oxygens (including phenoxy) is 1. The van der Waals surface area contributed by atoms with Crippen molar-refractivity contribution in [2.24, 2.45) is 11.7 Å². The Morgan fingerprint density at radius 1 is 1.39 bits per heavy atom. The number of primary amides is 1. The minimum Gasteiger partial charge on any atom is -0.466 e. The first-order chi connectivity index (χ1) is 8.52. The Labute approximate surface area is 109 Å². The Kier molecular flexibility index (Phi) is 6.12. The average molecular weight is 256 g/mol. The summed E-state index contributed by atoms with van der Waals surface area (Å²) in [6.45, 7) is 6.16. The fourth-order valence-corrected chi connectivity index (χ4v) is 2.47. The van der Waals surface area contributed by atoms with Crippen molar-refractivity contribution in [1.29, 1.82) is 0 Å². The maximum absolute atomic E-state index is 11.4. The molecule has 0 aliphatic carbocycles. The van der Waals surface area contributed by atoms with Crippen LogP contribution >= 0.6 is 0 Å². The maximum Gasteiger partial charge on any atom is 0.307 e. The molecule has 0 aromatic rings. The molecule has 104 valence electrons. The molecule has 1 aliphatic heterocycles. The first kappa shape index (κ1) is 15.0. The predicted molar refractivity (Wildman–Crippen MR) is 68.8 cm³/mol. The maximum atomic E-state index is 11.4. The average Bonchev–Trinajstić information content (AvgIpc) is 2.29. The molecule has 1 saturated heterocycles. The number of hydrogen-bond donors (Lipinski definition) is 1. The number of carbonyl (C=O) groups is 2. The van der Waals surface area contributed by atoms with Gasteiger partial charge in [-0.2, -0.15) is 0 Å². The van der Waals surface area contributed by atoms with E-state index in [0.717, 1.165) is 25.9 Å². The van der Waals surface area contributed by atoms with Gasteiger partial charge in [0.15, 0.2) is 0 Å².